The molecule has 0 fully saturated rings. The summed E-state index contributed by atoms with van der Waals surface area (Å²) in [6.45, 7) is 3.95. The van der Waals surface area contributed by atoms with Gasteiger partial charge in [0.15, 0.2) is 5.11 Å². The van der Waals surface area contributed by atoms with Gasteiger partial charge in [-0.3, -0.25) is 15.6 Å². The van der Waals surface area contributed by atoms with Gasteiger partial charge in [0, 0.05) is 23.9 Å². The third-order valence-electron chi connectivity index (χ3n) is 3.77. The van der Waals surface area contributed by atoms with E-state index in [0.29, 0.717) is 10.8 Å². The number of hydrogen-bond acceptors (Lipinski definition) is 4. The largest absolute Gasteiger partial charge is 0.361 e. The summed E-state index contributed by atoms with van der Waals surface area (Å²) >= 11 is 6.59. The van der Waals surface area contributed by atoms with Gasteiger partial charge < -0.3 is 10.2 Å². The van der Waals surface area contributed by atoms with Gasteiger partial charge in [0.25, 0.3) is 5.91 Å². The number of hydrazine groups is 1. The van der Waals surface area contributed by atoms with Gasteiger partial charge in [-0.1, -0.05) is 31.2 Å². The van der Waals surface area contributed by atoms with Crippen molar-refractivity contribution in [1.29, 1.82) is 0 Å². The van der Waals surface area contributed by atoms with Crippen molar-refractivity contribution in [2.75, 3.05) is 27.2 Å². The van der Waals surface area contributed by atoms with Gasteiger partial charge in [0.2, 0.25) is 0 Å². The van der Waals surface area contributed by atoms with Crippen LogP contribution in [0.15, 0.2) is 29.6 Å². The lowest BCUT2D eigenvalue weighted by Crippen LogP contribution is -3.05. The molecule has 0 bridgehead atoms. The molecule has 0 unspecified atom stereocenters. The number of rotatable bonds is 7. The van der Waals surface area contributed by atoms with E-state index in [-0.39, 0.29) is 5.91 Å². The molecule has 6 nitrogen and oxygen atoms in total. The van der Waals surface area contributed by atoms with Crippen LogP contribution >= 0.6 is 23.6 Å². The average Bonchev–Trinajstić information content (AvgIpc) is 3.13. The molecule has 2 rings (SSSR count). The molecule has 140 valence electrons. The molecule has 1 amide bonds. The lowest BCUT2D eigenvalue weighted by Gasteiger charge is -2.11. The molecule has 0 radical (unpaired) electrons. The molecule has 1 heterocycles. The number of aryl methyl sites for hydroxylation is 1. The van der Waals surface area contributed by atoms with E-state index in [2.05, 4.69) is 54.3 Å². The monoisotopic (exact) mass is 392 g/mol. The molecule has 0 aliphatic rings. The molecule has 1 aromatic carbocycles. The van der Waals surface area contributed by atoms with Crippen LogP contribution in [-0.2, 0) is 6.42 Å². The minimum atomic E-state index is -0.306. The van der Waals surface area contributed by atoms with Crippen molar-refractivity contribution >= 4 is 34.6 Å². The van der Waals surface area contributed by atoms with E-state index >= 15 is 0 Å². The lowest BCUT2D eigenvalue weighted by atomic mass is 10.1. The predicted molar refractivity (Wildman–Crippen MR) is 110 cm³/mol. The van der Waals surface area contributed by atoms with Gasteiger partial charge in [-0.15, -0.1) is 11.3 Å². The highest BCUT2D eigenvalue weighted by Gasteiger charge is 2.12. The van der Waals surface area contributed by atoms with Crippen LogP contribution in [0.2, 0.25) is 0 Å². The first-order valence-corrected chi connectivity index (χ1v) is 9.96. The number of carbonyl (C=O) groups excluding carboxylic acids is 1. The van der Waals surface area contributed by atoms with Crippen molar-refractivity contribution in [1.82, 2.24) is 21.2 Å². The number of aromatic nitrogens is 1. The number of quaternary nitrogens is 1. The predicted octanol–water partition coefficient (Wildman–Crippen LogP) is 1.02. The molecule has 0 aliphatic carbocycles. The highest BCUT2D eigenvalue weighted by atomic mass is 32.1. The second-order valence-electron chi connectivity index (χ2n) is 6.23. The second-order valence-corrected chi connectivity index (χ2v) is 7.50. The zero-order valence-corrected chi connectivity index (χ0v) is 17.0. The van der Waals surface area contributed by atoms with E-state index in [4.69, 9.17) is 12.2 Å². The van der Waals surface area contributed by atoms with E-state index < -0.39 is 0 Å². The summed E-state index contributed by atoms with van der Waals surface area (Å²) in [6.07, 6.45) is 2.01. The Kier molecular flexibility index (Phi) is 7.96. The van der Waals surface area contributed by atoms with Crippen molar-refractivity contribution in [2.45, 2.75) is 19.8 Å². The highest BCUT2D eigenvalue weighted by molar-refractivity contribution is 7.80. The smallest absolute Gasteiger partial charge is 0.289 e. The van der Waals surface area contributed by atoms with Crippen LogP contribution in [0.25, 0.3) is 10.6 Å². The van der Waals surface area contributed by atoms with E-state index in [1.807, 2.05) is 12.1 Å². The maximum absolute atomic E-state index is 12.2. The van der Waals surface area contributed by atoms with Crippen LogP contribution in [0.3, 0.4) is 0 Å². The SMILES string of the molecule is CCc1ccc(-c2nc(C(=O)NNC(=S)NCCC[NH+](C)C)cs2)cc1. The Bertz CT molecular complexity index is 727. The van der Waals surface area contributed by atoms with E-state index in [1.165, 1.54) is 21.8 Å². The zero-order valence-electron chi connectivity index (χ0n) is 15.4. The van der Waals surface area contributed by atoms with Gasteiger partial charge in [-0.05, 0) is 24.2 Å². The van der Waals surface area contributed by atoms with Crippen molar-refractivity contribution < 1.29 is 9.69 Å². The molecular formula is C18H26N5OS2+. The molecule has 26 heavy (non-hydrogen) atoms. The van der Waals surface area contributed by atoms with Crippen LogP contribution in [0, 0.1) is 0 Å². The Morgan fingerprint density at radius 2 is 1.96 bits per heavy atom. The first kappa shape index (κ1) is 20.3. The van der Waals surface area contributed by atoms with Crippen LogP contribution in [0.4, 0.5) is 0 Å². The Morgan fingerprint density at radius 3 is 2.62 bits per heavy atom. The Balaban J connectivity index is 1.81. The molecule has 0 saturated carbocycles. The minimum Gasteiger partial charge on any atom is -0.361 e. The fraction of sp³-hybridized carbons (Fsp3) is 0.389. The number of amides is 1. The third kappa shape index (κ3) is 6.36. The second kappa shape index (κ2) is 10.2. The highest BCUT2D eigenvalue weighted by Crippen LogP contribution is 2.24. The van der Waals surface area contributed by atoms with Gasteiger partial charge in [-0.25, -0.2) is 4.98 Å². The van der Waals surface area contributed by atoms with Crippen molar-refractivity contribution in [2.24, 2.45) is 0 Å². The van der Waals surface area contributed by atoms with Gasteiger partial charge in [0.1, 0.15) is 10.7 Å². The summed E-state index contributed by atoms with van der Waals surface area (Å²) in [5, 5.41) is 6.03. The Morgan fingerprint density at radius 1 is 1.23 bits per heavy atom. The molecule has 1 aromatic heterocycles. The first-order valence-electron chi connectivity index (χ1n) is 8.67. The number of nitrogens with zero attached hydrogens (tertiary/aromatic N) is 1. The van der Waals surface area contributed by atoms with Crippen LogP contribution in [0.5, 0.6) is 0 Å². The average molecular weight is 393 g/mol. The summed E-state index contributed by atoms with van der Waals surface area (Å²) < 4.78 is 0. The first-order chi connectivity index (χ1) is 12.5. The summed E-state index contributed by atoms with van der Waals surface area (Å²) in [7, 11) is 4.22. The summed E-state index contributed by atoms with van der Waals surface area (Å²) in [6, 6.07) is 8.23. The van der Waals surface area contributed by atoms with Crippen molar-refractivity contribution in [3.63, 3.8) is 0 Å². The molecule has 0 aliphatic heterocycles. The van der Waals surface area contributed by atoms with Crippen LogP contribution in [0.1, 0.15) is 29.4 Å². The van der Waals surface area contributed by atoms with E-state index in [0.717, 1.165) is 36.5 Å². The molecule has 8 heteroatoms. The maximum Gasteiger partial charge on any atom is 0.289 e. The Labute approximate surface area is 164 Å². The third-order valence-corrected chi connectivity index (χ3v) is 4.91. The van der Waals surface area contributed by atoms with Crippen LogP contribution in [-0.4, -0.2) is 43.2 Å². The van der Waals surface area contributed by atoms with Gasteiger partial charge in [-0.2, -0.15) is 0 Å². The maximum atomic E-state index is 12.2. The molecular weight excluding hydrogens is 366 g/mol. The number of thiazole rings is 1. The van der Waals surface area contributed by atoms with Crippen LogP contribution < -0.4 is 21.1 Å². The topological polar surface area (TPSA) is 70.5 Å². The standard InChI is InChI=1S/C18H25N5OS2/c1-4-13-6-8-14(9-7-13)17-20-15(12-26-17)16(24)21-22-18(25)19-10-5-11-23(2)3/h6-9,12H,4-5,10-11H2,1-3H3,(H,21,24)(H2,19,22,25)/p+1. The lowest BCUT2D eigenvalue weighted by molar-refractivity contribution is -0.858. The number of carbonyl (C=O) groups is 1. The van der Waals surface area contributed by atoms with Gasteiger partial charge >= 0.3 is 0 Å². The quantitative estimate of drug-likeness (QED) is 0.322. The zero-order chi connectivity index (χ0) is 18.9. The van der Waals surface area contributed by atoms with Crippen molar-refractivity contribution in [3.05, 3.63) is 40.9 Å². The number of benzene rings is 1. The summed E-state index contributed by atoms with van der Waals surface area (Å²) in [4.78, 5) is 18.0. The fourth-order valence-electron chi connectivity index (χ4n) is 2.26. The molecule has 0 spiro atoms. The van der Waals surface area contributed by atoms with E-state index in [1.54, 1.807) is 5.38 Å². The summed E-state index contributed by atoms with van der Waals surface area (Å²) in [5.41, 5.74) is 7.95. The minimum absolute atomic E-state index is 0.306. The molecule has 4 N–H and O–H groups in total. The van der Waals surface area contributed by atoms with Crippen molar-refractivity contribution in [3.8, 4) is 10.6 Å². The molecule has 0 atom stereocenters. The number of thiocarbonyl (C=S) groups is 1. The number of hydrogen-bond donors (Lipinski definition) is 4. The summed E-state index contributed by atoms with van der Waals surface area (Å²) in [5.74, 6) is -0.306. The van der Waals surface area contributed by atoms with E-state index in [9.17, 15) is 4.79 Å². The van der Waals surface area contributed by atoms with Gasteiger partial charge in [0.05, 0.1) is 20.6 Å². The number of nitrogens with one attached hydrogen (secondary N) is 4. The Hall–Kier alpha value is -2.03. The molecule has 2 aromatic rings. The fourth-order valence-corrected chi connectivity index (χ4v) is 3.22. The normalized spacial score (nSPS) is 10.6. The molecule has 0 saturated heterocycles.